The van der Waals surface area contributed by atoms with E-state index in [4.69, 9.17) is 0 Å². The van der Waals surface area contributed by atoms with E-state index in [9.17, 15) is 0 Å². The first-order valence-corrected chi connectivity index (χ1v) is 10.4. The Kier molecular flexibility index (Phi) is 9.86. The molecule has 0 aliphatic heterocycles. The molecule has 0 spiro atoms. The Morgan fingerprint density at radius 2 is 1.50 bits per heavy atom. The number of nitrogens with zero attached hydrogens (tertiary/aromatic N) is 2. The van der Waals surface area contributed by atoms with Gasteiger partial charge in [-0.15, -0.1) is 0 Å². The summed E-state index contributed by atoms with van der Waals surface area (Å²) in [5.74, 6) is 0. The summed E-state index contributed by atoms with van der Waals surface area (Å²) in [5.41, 5.74) is 4.26. The zero-order valence-electron chi connectivity index (χ0n) is 15.9. The largest absolute Gasteiger partial charge is 0.256 e. The van der Waals surface area contributed by atoms with Crippen molar-refractivity contribution in [1.82, 2.24) is 4.98 Å². The van der Waals surface area contributed by atoms with Gasteiger partial charge in [-0.05, 0) is 48.8 Å². The second kappa shape index (κ2) is 12.5. The molecule has 0 unspecified atom stereocenters. The lowest BCUT2D eigenvalue weighted by Gasteiger charge is -2.05. The van der Waals surface area contributed by atoms with Gasteiger partial charge in [0.15, 0.2) is 0 Å². The van der Waals surface area contributed by atoms with Crippen molar-refractivity contribution < 1.29 is 0 Å². The molecule has 1 heterocycles. The summed E-state index contributed by atoms with van der Waals surface area (Å²) in [4.78, 5) is 8.59. The molecule has 0 aliphatic carbocycles. The first-order chi connectivity index (χ1) is 12.8. The minimum absolute atomic E-state index is 0.825. The summed E-state index contributed by atoms with van der Waals surface area (Å²) in [5, 5.41) is 2.39. The maximum Gasteiger partial charge on any atom is 0.0740 e. The lowest BCUT2D eigenvalue weighted by molar-refractivity contribution is 0.564. The van der Waals surface area contributed by atoms with Crippen molar-refractivity contribution in [1.29, 1.82) is 0 Å². The van der Waals surface area contributed by atoms with Crippen molar-refractivity contribution in [3.05, 3.63) is 48.2 Å². The van der Waals surface area contributed by atoms with E-state index in [1.54, 1.807) is 0 Å². The molecule has 26 heavy (non-hydrogen) atoms. The molecule has 138 valence electrons. The van der Waals surface area contributed by atoms with Gasteiger partial charge >= 0.3 is 0 Å². The molecule has 0 radical (unpaired) electrons. The zero-order valence-corrected chi connectivity index (χ0v) is 16.7. The molecule has 3 heteroatoms. The van der Waals surface area contributed by atoms with Crippen molar-refractivity contribution in [2.75, 3.05) is 0 Å². The molecule has 2 aromatic rings. The molecule has 2 rings (SSSR count). The Labute approximate surface area is 163 Å². The Morgan fingerprint density at radius 1 is 0.846 bits per heavy atom. The number of pyridine rings is 1. The average Bonchev–Trinajstić information content (AvgIpc) is 2.68. The van der Waals surface area contributed by atoms with Crippen molar-refractivity contribution in [3.63, 3.8) is 0 Å². The van der Waals surface area contributed by atoms with E-state index in [0.717, 1.165) is 23.4 Å². The third kappa shape index (κ3) is 7.59. The zero-order chi connectivity index (χ0) is 18.5. The molecule has 0 amide bonds. The number of isothiocyanates is 1. The number of unbranched alkanes of at least 4 members (excludes halogenated alkanes) is 8. The van der Waals surface area contributed by atoms with Crippen LogP contribution in [0, 0.1) is 0 Å². The second-order valence-corrected chi connectivity index (χ2v) is 7.06. The lowest BCUT2D eigenvalue weighted by atomic mass is 10.0. The Morgan fingerprint density at radius 3 is 2.08 bits per heavy atom. The van der Waals surface area contributed by atoms with Crippen LogP contribution in [-0.4, -0.2) is 10.1 Å². The number of benzene rings is 1. The van der Waals surface area contributed by atoms with Crippen molar-refractivity contribution in [2.45, 2.75) is 71.1 Å². The van der Waals surface area contributed by atoms with E-state index < -0.39 is 0 Å². The molecule has 2 nitrogen and oxygen atoms in total. The van der Waals surface area contributed by atoms with Gasteiger partial charge in [-0.1, -0.05) is 76.5 Å². The maximum absolute atomic E-state index is 4.63. The highest BCUT2D eigenvalue weighted by Crippen LogP contribution is 2.21. The molecule has 1 aromatic heterocycles. The van der Waals surface area contributed by atoms with Crippen LogP contribution in [0.15, 0.2) is 47.6 Å². The van der Waals surface area contributed by atoms with Gasteiger partial charge in [-0.3, -0.25) is 4.98 Å². The highest BCUT2D eigenvalue weighted by molar-refractivity contribution is 7.78. The highest BCUT2D eigenvalue weighted by Gasteiger charge is 2.01. The van der Waals surface area contributed by atoms with Crippen molar-refractivity contribution in [2.24, 2.45) is 4.99 Å². The molecular weight excluding hydrogens is 336 g/mol. The fourth-order valence-corrected chi connectivity index (χ4v) is 3.25. The first-order valence-electron chi connectivity index (χ1n) is 9.96. The van der Waals surface area contributed by atoms with Gasteiger partial charge in [-0.2, -0.15) is 4.99 Å². The fraction of sp³-hybridized carbons (Fsp3) is 0.478. The summed E-state index contributed by atoms with van der Waals surface area (Å²) < 4.78 is 0. The fourth-order valence-electron chi connectivity index (χ4n) is 3.14. The topological polar surface area (TPSA) is 25.2 Å². The predicted molar refractivity (Wildman–Crippen MR) is 115 cm³/mol. The van der Waals surface area contributed by atoms with E-state index in [1.807, 2.05) is 30.5 Å². The standard InChI is InChI=1S/C23H30N2S/c1-2-3-4-5-6-7-8-9-10-11-20-12-17-23(24-18-20)21-13-15-22(16-14-21)25-19-26/h12-18H,2-11H2,1H3. The van der Waals surface area contributed by atoms with E-state index in [2.05, 4.69) is 46.4 Å². The quantitative estimate of drug-likeness (QED) is 0.220. The van der Waals surface area contributed by atoms with Gasteiger partial charge in [0.2, 0.25) is 0 Å². The predicted octanol–water partition coefficient (Wildman–Crippen LogP) is 7.56. The Balaban J connectivity index is 1.68. The van der Waals surface area contributed by atoms with Gasteiger partial charge < -0.3 is 0 Å². The van der Waals surface area contributed by atoms with Crippen LogP contribution in [0.2, 0.25) is 0 Å². The van der Waals surface area contributed by atoms with Gasteiger partial charge in [0, 0.05) is 11.8 Å². The summed E-state index contributed by atoms with van der Waals surface area (Å²) >= 11 is 4.63. The number of hydrogen-bond donors (Lipinski definition) is 0. The van der Waals surface area contributed by atoms with Crippen LogP contribution in [0.4, 0.5) is 5.69 Å². The van der Waals surface area contributed by atoms with Crippen LogP contribution in [0.1, 0.15) is 70.3 Å². The first kappa shape index (κ1) is 20.5. The Bertz CT molecular complexity index is 670. The summed E-state index contributed by atoms with van der Waals surface area (Å²) in [6, 6.07) is 12.2. The van der Waals surface area contributed by atoms with Crippen LogP contribution in [0.5, 0.6) is 0 Å². The molecule has 0 fully saturated rings. The highest BCUT2D eigenvalue weighted by atomic mass is 32.1. The maximum atomic E-state index is 4.63. The average molecular weight is 367 g/mol. The third-order valence-electron chi connectivity index (χ3n) is 4.73. The second-order valence-electron chi connectivity index (χ2n) is 6.88. The molecule has 1 aromatic carbocycles. The number of thiocarbonyl (C=S) groups is 1. The van der Waals surface area contributed by atoms with Crippen LogP contribution in [-0.2, 0) is 6.42 Å². The minimum atomic E-state index is 0.825. The number of hydrogen-bond acceptors (Lipinski definition) is 3. The van der Waals surface area contributed by atoms with Crippen LogP contribution in [0.3, 0.4) is 0 Å². The molecule has 0 saturated carbocycles. The van der Waals surface area contributed by atoms with Crippen molar-refractivity contribution in [3.8, 4) is 11.3 Å². The number of rotatable bonds is 12. The van der Waals surface area contributed by atoms with Crippen LogP contribution in [0.25, 0.3) is 11.3 Å². The third-order valence-corrected chi connectivity index (χ3v) is 4.82. The monoisotopic (exact) mass is 366 g/mol. The number of aliphatic imine (C=N–C) groups is 1. The van der Waals surface area contributed by atoms with Gasteiger partial charge in [0.25, 0.3) is 0 Å². The van der Waals surface area contributed by atoms with Crippen LogP contribution >= 0.6 is 12.2 Å². The normalized spacial score (nSPS) is 10.5. The molecule has 0 N–H and O–H groups in total. The van der Waals surface area contributed by atoms with E-state index in [1.165, 1.54) is 63.4 Å². The number of aryl methyl sites for hydroxylation is 1. The van der Waals surface area contributed by atoms with Gasteiger partial charge in [0.1, 0.15) is 0 Å². The minimum Gasteiger partial charge on any atom is -0.256 e. The van der Waals surface area contributed by atoms with Gasteiger partial charge in [-0.25, -0.2) is 0 Å². The van der Waals surface area contributed by atoms with Crippen molar-refractivity contribution >= 4 is 23.1 Å². The smallest absolute Gasteiger partial charge is 0.0740 e. The van der Waals surface area contributed by atoms with E-state index in [0.29, 0.717) is 0 Å². The molecule has 0 atom stereocenters. The molecular formula is C23H30N2S. The Hall–Kier alpha value is -1.83. The summed E-state index contributed by atoms with van der Waals surface area (Å²) in [6.45, 7) is 2.27. The summed E-state index contributed by atoms with van der Waals surface area (Å²) in [6.07, 6.45) is 15.5. The molecule has 0 saturated heterocycles. The van der Waals surface area contributed by atoms with E-state index >= 15 is 0 Å². The lowest BCUT2D eigenvalue weighted by Crippen LogP contribution is -1.90. The van der Waals surface area contributed by atoms with Gasteiger partial charge in [0.05, 0.1) is 16.5 Å². The SMILES string of the molecule is CCCCCCCCCCCc1ccc(-c2ccc(N=C=S)cc2)nc1. The van der Waals surface area contributed by atoms with E-state index in [-0.39, 0.29) is 0 Å². The van der Waals surface area contributed by atoms with Crippen LogP contribution < -0.4 is 0 Å². The molecule has 0 bridgehead atoms. The number of aromatic nitrogens is 1. The summed E-state index contributed by atoms with van der Waals surface area (Å²) in [7, 11) is 0. The molecule has 0 aliphatic rings.